The average Bonchev–Trinajstić information content (AvgIpc) is 2.16. The number of nitrogens with one attached hydrogen (secondary N) is 1. The highest BCUT2D eigenvalue weighted by Gasteiger charge is 2.29. The Kier molecular flexibility index (Phi) is 6.06. The fourth-order valence-corrected chi connectivity index (χ4v) is 3.89. The predicted molar refractivity (Wildman–Crippen MR) is 71.5 cm³/mol. The van der Waals surface area contributed by atoms with Gasteiger partial charge in [0.25, 0.3) is 0 Å². The Bertz CT molecular complexity index is 156. The first kappa shape index (κ1) is 13.4. The maximum absolute atomic E-state index is 3.67. The van der Waals surface area contributed by atoms with E-state index in [0.29, 0.717) is 0 Å². The van der Waals surface area contributed by atoms with Crippen molar-refractivity contribution in [3.05, 3.63) is 0 Å². The van der Waals surface area contributed by atoms with Gasteiger partial charge in [0.2, 0.25) is 0 Å². The Balaban J connectivity index is 2.49. The molecule has 1 aliphatic carbocycles. The van der Waals surface area contributed by atoms with Crippen LogP contribution in [0, 0.1) is 17.8 Å². The summed E-state index contributed by atoms with van der Waals surface area (Å²) in [4.78, 5) is 0. The van der Waals surface area contributed by atoms with E-state index in [4.69, 9.17) is 0 Å². The molecule has 3 atom stereocenters. The van der Waals surface area contributed by atoms with Gasteiger partial charge in [-0.3, -0.25) is 0 Å². The zero-order chi connectivity index (χ0) is 11.3. The molecule has 0 aromatic heterocycles. The summed E-state index contributed by atoms with van der Waals surface area (Å²) in [5.74, 6) is 4.05. The molecule has 3 unspecified atom stereocenters. The molecule has 90 valence electrons. The molecule has 0 amide bonds. The predicted octanol–water partition coefficient (Wildman–Crippen LogP) is 3.40. The molecule has 1 saturated carbocycles. The molecular formula is C13H27NS. The molecule has 0 heterocycles. The maximum Gasteiger partial charge on any atom is 0.0186 e. The topological polar surface area (TPSA) is 12.0 Å². The molecule has 0 bridgehead atoms. The van der Waals surface area contributed by atoms with Gasteiger partial charge in [0.1, 0.15) is 0 Å². The molecule has 0 saturated heterocycles. The van der Waals surface area contributed by atoms with E-state index in [0.717, 1.165) is 30.3 Å². The van der Waals surface area contributed by atoms with Crippen LogP contribution in [0.3, 0.4) is 0 Å². The third-order valence-corrected chi connectivity index (χ3v) is 4.29. The summed E-state index contributed by atoms with van der Waals surface area (Å²) in [6.07, 6.45) is 6.53. The minimum atomic E-state index is 0.746. The van der Waals surface area contributed by atoms with Crippen molar-refractivity contribution >= 4 is 11.8 Å². The number of hydrogen-bond donors (Lipinski definition) is 1. The van der Waals surface area contributed by atoms with Crippen LogP contribution in [-0.4, -0.2) is 24.6 Å². The van der Waals surface area contributed by atoms with Crippen molar-refractivity contribution in [1.82, 2.24) is 5.32 Å². The van der Waals surface area contributed by atoms with E-state index >= 15 is 0 Å². The summed E-state index contributed by atoms with van der Waals surface area (Å²) in [6.45, 7) is 8.18. The van der Waals surface area contributed by atoms with Crippen LogP contribution in [0.2, 0.25) is 0 Å². The van der Waals surface area contributed by atoms with E-state index in [-0.39, 0.29) is 0 Å². The normalized spacial score (nSPS) is 34.0. The summed E-state index contributed by atoms with van der Waals surface area (Å²) in [5.41, 5.74) is 0. The molecule has 1 aliphatic rings. The first-order chi connectivity index (χ1) is 7.17. The fraction of sp³-hybridized carbons (Fsp3) is 1.00. The van der Waals surface area contributed by atoms with Gasteiger partial charge in [-0.05, 0) is 49.8 Å². The van der Waals surface area contributed by atoms with E-state index in [2.05, 4.69) is 32.3 Å². The largest absolute Gasteiger partial charge is 0.313 e. The minimum absolute atomic E-state index is 0.746. The molecule has 1 nitrogen and oxygen atoms in total. The first-order valence-electron chi connectivity index (χ1n) is 6.39. The maximum atomic E-state index is 3.67. The van der Waals surface area contributed by atoms with Crippen LogP contribution in [0.15, 0.2) is 0 Å². The number of thioether (sulfide) groups is 1. The molecule has 1 N–H and O–H groups in total. The average molecular weight is 229 g/mol. The summed E-state index contributed by atoms with van der Waals surface area (Å²) in [7, 11) is 0. The lowest BCUT2D eigenvalue weighted by Gasteiger charge is -2.36. The van der Waals surface area contributed by atoms with Gasteiger partial charge in [0.05, 0.1) is 0 Å². The Hall–Kier alpha value is 0.310. The van der Waals surface area contributed by atoms with E-state index in [1.165, 1.54) is 25.0 Å². The van der Waals surface area contributed by atoms with E-state index in [1.54, 1.807) is 0 Å². The van der Waals surface area contributed by atoms with Gasteiger partial charge in [-0.25, -0.2) is 0 Å². The van der Waals surface area contributed by atoms with Gasteiger partial charge in [0.15, 0.2) is 0 Å². The molecule has 2 heteroatoms. The van der Waals surface area contributed by atoms with E-state index in [1.807, 2.05) is 11.8 Å². The third kappa shape index (κ3) is 4.36. The monoisotopic (exact) mass is 229 g/mol. The molecule has 1 rings (SSSR count). The molecule has 0 aromatic carbocycles. The quantitative estimate of drug-likeness (QED) is 0.775. The SMILES string of the molecule is CCNC(CSC)C1CC(C)CC(C)C1. The Morgan fingerprint density at radius 1 is 1.20 bits per heavy atom. The van der Waals surface area contributed by atoms with Crippen LogP contribution in [0.25, 0.3) is 0 Å². The minimum Gasteiger partial charge on any atom is -0.313 e. The summed E-state index contributed by atoms with van der Waals surface area (Å²) in [5, 5.41) is 3.67. The van der Waals surface area contributed by atoms with Crippen LogP contribution >= 0.6 is 11.8 Å². The highest BCUT2D eigenvalue weighted by atomic mass is 32.2. The first-order valence-corrected chi connectivity index (χ1v) is 7.79. The van der Waals surface area contributed by atoms with Gasteiger partial charge in [-0.1, -0.05) is 20.8 Å². The van der Waals surface area contributed by atoms with E-state index in [9.17, 15) is 0 Å². The lowest BCUT2D eigenvalue weighted by Crippen LogP contribution is -2.41. The lowest BCUT2D eigenvalue weighted by atomic mass is 9.74. The Labute approximate surface area is 99.8 Å². The second-order valence-electron chi connectivity index (χ2n) is 5.30. The standard InChI is InChI=1S/C13H27NS/c1-5-14-13(9-15-4)12-7-10(2)6-11(3)8-12/h10-14H,5-9H2,1-4H3. The Morgan fingerprint density at radius 2 is 1.80 bits per heavy atom. The van der Waals surface area contributed by atoms with Gasteiger partial charge in [-0.2, -0.15) is 11.8 Å². The molecule has 0 radical (unpaired) electrons. The summed E-state index contributed by atoms with van der Waals surface area (Å²) < 4.78 is 0. The highest BCUT2D eigenvalue weighted by molar-refractivity contribution is 7.98. The van der Waals surface area contributed by atoms with Crippen molar-refractivity contribution in [1.29, 1.82) is 0 Å². The van der Waals surface area contributed by atoms with Crippen molar-refractivity contribution in [3.8, 4) is 0 Å². The van der Waals surface area contributed by atoms with Crippen LogP contribution < -0.4 is 5.32 Å². The second kappa shape index (κ2) is 6.80. The molecule has 0 aliphatic heterocycles. The third-order valence-electron chi connectivity index (χ3n) is 3.60. The van der Waals surface area contributed by atoms with Crippen molar-refractivity contribution in [2.75, 3.05) is 18.6 Å². The molecule has 0 aromatic rings. The molecular weight excluding hydrogens is 202 g/mol. The molecule has 1 fully saturated rings. The van der Waals surface area contributed by atoms with Crippen LogP contribution in [-0.2, 0) is 0 Å². The van der Waals surface area contributed by atoms with Crippen molar-refractivity contribution in [3.63, 3.8) is 0 Å². The number of rotatable bonds is 5. The Morgan fingerprint density at radius 3 is 2.27 bits per heavy atom. The van der Waals surface area contributed by atoms with Crippen molar-refractivity contribution < 1.29 is 0 Å². The molecule has 15 heavy (non-hydrogen) atoms. The van der Waals surface area contributed by atoms with Gasteiger partial charge < -0.3 is 5.32 Å². The smallest absolute Gasteiger partial charge is 0.0186 e. The van der Waals surface area contributed by atoms with Gasteiger partial charge in [0, 0.05) is 11.8 Å². The van der Waals surface area contributed by atoms with Crippen LogP contribution in [0.1, 0.15) is 40.0 Å². The second-order valence-corrected chi connectivity index (χ2v) is 6.21. The molecule has 0 spiro atoms. The summed E-state index contributed by atoms with van der Waals surface area (Å²) >= 11 is 1.98. The lowest BCUT2D eigenvalue weighted by molar-refractivity contribution is 0.185. The van der Waals surface area contributed by atoms with Crippen molar-refractivity contribution in [2.24, 2.45) is 17.8 Å². The highest BCUT2D eigenvalue weighted by Crippen LogP contribution is 2.35. The summed E-state index contributed by atoms with van der Waals surface area (Å²) in [6, 6.07) is 0.746. The fourth-order valence-electron chi connectivity index (χ4n) is 3.14. The van der Waals surface area contributed by atoms with Gasteiger partial charge in [-0.15, -0.1) is 0 Å². The van der Waals surface area contributed by atoms with E-state index < -0.39 is 0 Å². The number of hydrogen-bond acceptors (Lipinski definition) is 2. The van der Waals surface area contributed by atoms with Crippen LogP contribution in [0.5, 0.6) is 0 Å². The van der Waals surface area contributed by atoms with Crippen LogP contribution in [0.4, 0.5) is 0 Å². The zero-order valence-electron chi connectivity index (χ0n) is 10.8. The van der Waals surface area contributed by atoms with Crippen molar-refractivity contribution in [2.45, 2.75) is 46.1 Å². The zero-order valence-corrected chi connectivity index (χ0v) is 11.6. The van der Waals surface area contributed by atoms with Gasteiger partial charge >= 0.3 is 0 Å².